The molecule has 1 heterocycles. The van der Waals surface area contributed by atoms with E-state index in [2.05, 4.69) is 22.6 Å². The summed E-state index contributed by atoms with van der Waals surface area (Å²) in [6.07, 6.45) is 2.98. The number of hydrogen-bond acceptors (Lipinski definition) is 7. The Morgan fingerprint density at radius 3 is 2.40 bits per heavy atom. The van der Waals surface area contributed by atoms with E-state index in [9.17, 15) is 24.9 Å². The molecule has 0 radical (unpaired) electrons. The van der Waals surface area contributed by atoms with Gasteiger partial charge in [-0.05, 0) is 101 Å². The third-order valence-corrected chi connectivity index (χ3v) is 9.57. The summed E-state index contributed by atoms with van der Waals surface area (Å²) in [7, 11) is 1.51. The van der Waals surface area contributed by atoms with E-state index >= 15 is 0 Å². The quantitative estimate of drug-likeness (QED) is 0.117. The molecule has 5 rings (SSSR count). The number of hydrogen-bond donors (Lipinski definition) is 3. The maximum atomic E-state index is 13.8. The first-order valence-corrected chi connectivity index (χ1v) is 16.2. The third-order valence-electron chi connectivity index (χ3n) is 8.74. The molecule has 236 valence electrons. The van der Waals surface area contributed by atoms with Crippen molar-refractivity contribution in [3.63, 3.8) is 0 Å². The molecule has 9 heteroatoms. The fourth-order valence-corrected chi connectivity index (χ4v) is 7.13. The summed E-state index contributed by atoms with van der Waals surface area (Å²) in [5.74, 6) is -1.67. The number of allylic oxidation sites excluding steroid dienone is 1. The minimum atomic E-state index is -0.962. The summed E-state index contributed by atoms with van der Waals surface area (Å²) in [6.45, 7) is 1.79. The molecule has 3 aromatic carbocycles. The Morgan fingerprint density at radius 2 is 1.76 bits per heavy atom. The molecule has 3 N–H and O–H groups in total. The van der Waals surface area contributed by atoms with Crippen molar-refractivity contribution < 1.29 is 34.4 Å². The number of rotatable bonds is 12. The lowest BCUT2D eigenvalue weighted by molar-refractivity contribution is -0.123. The standard InChI is InChI=1S/C36H38INO7/c1-3-22(16-23-17-29(37)34(41)31(18-23)44-2)14-15-30(40)32-24(21-45-26-12-8-5-9-13-26)19-27-33(28(32)20-39)36(43)38(35(27)42)25-10-6-4-7-11-25/h4-13,16-18,27-28,30,33,39-41H,3,14-15,19-21H2,1-2H3/b22-16+/t27-,28+,30-,33-/m1/s1. The van der Waals surface area contributed by atoms with Gasteiger partial charge < -0.3 is 24.8 Å². The van der Waals surface area contributed by atoms with Gasteiger partial charge in [0, 0.05) is 5.92 Å². The molecule has 4 atom stereocenters. The Balaban J connectivity index is 1.44. The van der Waals surface area contributed by atoms with Crippen LogP contribution in [0.1, 0.15) is 38.2 Å². The molecule has 8 nitrogen and oxygen atoms in total. The normalized spacial score (nSPS) is 20.8. The monoisotopic (exact) mass is 723 g/mol. The SMILES string of the molecule is CC/C(=C\c1cc(I)c(O)c(OC)c1)CC[C@@H](O)C1=C(COc2ccccc2)C[C@H]2C(=O)N(c3ccccc3)C(=O)[C@H]2[C@H]1CO. The number of aromatic hydroxyl groups is 1. The fourth-order valence-electron chi connectivity index (χ4n) is 6.51. The van der Waals surface area contributed by atoms with E-state index in [1.807, 2.05) is 55.5 Å². The average molecular weight is 724 g/mol. The van der Waals surface area contributed by atoms with Crippen LogP contribution in [0.15, 0.2) is 89.5 Å². The molecule has 1 fully saturated rings. The predicted octanol–water partition coefficient (Wildman–Crippen LogP) is 6.13. The number of carbonyl (C=O) groups is 2. The summed E-state index contributed by atoms with van der Waals surface area (Å²) in [4.78, 5) is 28.7. The summed E-state index contributed by atoms with van der Waals surface area (Å²) in [5, 5.41) is 32.7. The maximum absolute atomic E-state index is 13.8. The Bertz CT molecular complexity index is 1590. The van der Waals surface area contributed by atoms with Gasteiger partial charge >= 0.3 is 0 Å². The van der Waals surface area contributed by atoms with Crippen molar-refractivity contribution in [2.45, 2.75) is 38.7 Å². The smallest absolute Gasteiger partial charge is 0.238 e. The lowest BCUT2D eigenvalue weighted by Gasteiger charge is -2.36. The molecule has 0 saturated carbocycles. The highest BCUT2D eigenvalue weighted by atomic mass is 127. The molecule has 3 aromatic rings. The third kappa shape index (κ3) is 6.95. The van der Waals surface area contributed by atoms with E-state index in [-0.39, 0.29) is 37.2 Å². The van der Waals surface area contributed by atoms with Crippen LogP contribution >= 0.6 is 22.6 Å². The first-order valence-electron chi connectivity index (χ1n) is 15.1. The molecule has 0 unspecified atom stereocenters. The van der Waals surface area contributed by atoms with Crippen LogP contribution in [0.25, 0.3) is 6.08 Å². The van der Waals surface area contributed by atoms with Crippen molar-refractivity contribution in [2.24, 2.45) is 17.8 Å². The van der Waals surface area contributed by atoms with Gasteiger partial charge in [0.05, 0.1) is 40.9 Å². The number of amides is 2. The molecule has 0 spiro atoms. The van der Waals surface area contributed by atoms with Crippen LogP contribution in [0, 0.1) is 21.3 Å². The Kier molecular flexibility index (Phi) is 10.6. The minimum Gasteiger partial charge on any atom is -0.504 e. The zero-order chi connectivity index (χ0) is 32.1. The summed E-state index contributed by atoms with van der Waals surface area (Å²) >= 11 is 2.06. The number of methoxy groups -OCH3 is 1. The highest BCUT2D eigenvalue weighted by Gasteiger charge is 2.55. The van der Waals surface area contributed by atoms with Crippen molar-refractivity contribution in [1.29, 1.82) is 0 Å². The Labute approximate surface area is 277 Å². The number of halogens is 1. The number of phenols is 1. The molecular weight excluding hydrogens is 685 g/mol. The molecule has 1 aliphatic carbocycles. The second-order valence-electron chi connectivity index (χ2n) is 11.4. The van der Waals surface area contributed by atoms with Gasteiger partial charge in [-0.3, -0.25) is 14.5 Å². The number of benzene rings is 3. The van der Waals surface area contributed by atoms with Gasteiger partial charge in [0.25, 0.3) is 0 Å². The number of carbonyl (C=O) groups excluding carboxylic acids is 2. The van der Waals surface area contributed by atoms with Crippen LogP contribution in [0.4, 0.5) is 5.69 Å². The van der Waals surface area contributed by atoms with Gasteiger partial charge in [-0.25, -0.2) is 0 Å². The summed E-state index contributed by atoms with van der Waals surface area (Å²) < 4.78 is 12.1. The highest BCUT2D eigenvalue weighted by Crippen LogP contribution is 2.47. The van der Waals surface area contributed by atoms with Crippen molar-refractivity contribution in [2.75, 3.05) is 25.2 Å². The second kappa shape index (κ2) is 14.6. The second-order valence-corrected chi connectivity index (χ2v) is 12.6. The van der Waals surface area contributed by atoms with E-state index in [1.165, 1.54) is 12.0 Å². The number of aliphatic hydroxyl groups excluding tert-OH is 2. The molecule has 0 bridgehead atoms. The Morgan fingerprint density at radius 1 is 1.07 bits per heavy atom. The van der Waals surface area contributed by atoms with E-state index in [0.29, 0.717) is 39.2 Å². The zero-order valence-electron chi connectivity index (χ0n) is 25.4. The number of imide groups is 1. The zero-order valence-corrected chi connectivity index (χ0v) is 27.5. The average Bonchev–Trinajstić information content (AvgIpc) is 3.31. The molecule has 1 aliphatic heterocycles. The van der Waals surface area contributed by atoms with Gasteiger partial charge in [0.15, 0.2) is 11.5 Å². The largest absolute Gasteiger partial charge is 0.504 e. The van der Waals surface area contributed by atoms with E-state index in [0.717, 1.165) is 23.1 Å². The van der Waals surface area contributed by atoms with Crippen LogP contribution in [0.2, 0.25) is 0 Å². The predicted molar refractivity (Wildman–Crippen MR) is 181 cm³/mol. The van der Waals surface area contributed by atoms with Gasteiger partial charge in [-0.1, -0.05) is 55.0 Å². The van der Waals surface area contributed by atoms with Gasteiger partial charge in [0.2, 0.25) is 11.8 Å². The van der Waals surface area contributed by atoms with Crippen molar-refractivity contribution in [3.05, 3.63) is 98.6 Å². The first-order chi connectivity index (χ1) is 21.8. The number of anilines is 1. The summed E-state index contributed by atoms with van der Waals surface area (Å²) in [5.41, 5.74) is 3.78. The molecular formula is C36H38INO7. The number of para-hydroxylation sites is 2. The minimum absolute atomic E-state index is 0.0947. The molecule has 2 amide bonds. The maximum Gasteiger partial charge on any atom is 0.238 e. The lowest BCUT2D eigenvalue weighted by atomic mass is 9.68. The number of aliphatic hydroxyl groups is 2. The van der Waals surface area contributed by atoms with Crippen LogP contribution < -0.4 is 14.4 Å². The summed E-state index contributed by atoms with van der Waals surface area (Å²) in [6, 6.07) is 21.8. The van der Waals surface area contributed by atoms with Crippen molar-refractivity contribution in [1.82, 2.24) is 0 Å². The van der Waals surface area contributed by atoms with Gasteiger partial charge in [0.1, 0.15) is 12.4 Å². The van der Waals surface area contributed by atoms with Gasteiger partial charge in [-0.15, -0.1) is 0 Å². The van der Waals surface area contributed by atoms with E-state index in [4.69, 9.17) is 9.47 Å². The number of ether oxygens (including phenoxy) is 2. The van der Waals surface area contributed by atoms with Gasteiger partial charge in [-0.2, -0.15) is 0 Å². The molecule has 0 aromatic heterocycles. The molecule has 1 saturated heterocycles. The van der Waals surface area contributed by atoms with Crippen molar-refractivity contribution in [3.8, 4) is 17.2 Å². The van der Waals surface area contributed by atoms with Crippen molar-refractivity contribution >= 4 is 46.2 Å². The number of nitrogens with zero attached hydrogens (tertiary/aromatic N) is 1. The van der Waals surface area contributed by atoms with Crippen LogP contribution in [0.3, 0.4) is 0 Å². The fraction of sp³-hybridized carbons (Fsp3) is 0.333. The van der Waals surface area contributed by atoms with E-state index in [1.54, 1.807) is 30.3 Å². The molecule has 45 heavy (non-hydrogen) atoms. The molecule has 2 aliphatic rings. The van der Waals surface area contributed by atoms with E-state index < -0.39 is 23.9 Å². The number of phenolic OH excluding ortho intramolecular Hbond substituents is 1. The van der Waals surface area contributed by atoms with Crippen LogP contribution in [-0.4, -0.2) is 53.6 Å². The van der Waals surface area contributed by atoms with Crippen LogP contribution in [0.5, 0.6) is 17.2 Å². The lowest BCUT2D eigenvalue weighted by Crippen LogP contribution is -2.40. The number of fused-ring (bicyclic) bond motifs is 1. The topological polar surface area (TPSA) is 117 Å². The van der Waals surface area contributed by atoms with Crippen LogP contribution in [-0.2, 0) is 9.59 Å². The highest BCUT2D eigenvalue weighted by molar-refractivity contribution is 14.1. The Hall–Kier alpha value is -3.67. The first kappa shape index (κ1) is 32.7.